The smallest absolute Gasteiger partial charge is 0.305 e. The topological polar surface area (TPSA) is 46.5 Å². The summed E-state index contributed by atoms with van der Waals surface area (Å²) in [6.07, 6.45) is 14.5. The lowest BCUT2D eigenvalue weighted by Crippen LogP contribution is -2.49. The van der Waals surface area contributed by atoms with Gasteiger partial charge in [-0.15, -0.1) is 0 Å². The van der Waals surface area contributed by atoms with E-state index in [9.17, 15) is 9.90 Å². The molecule has 0 spiro atoms. The van der Waals surface area contributed by atoms with Crippen LogP contribution in [0.15, 0.2) is 11.6 Å². The molecule has 0 aromatic heterocycles. The van der Waals surface area contributed by atoms with Crippen LogP contribution in [0.1, 0.15) is 91.4 Å². The molecule has 3 rings (SSSR count). The van der Waals surface area contributed by atoms with Gasteiger partial charge in [0.15, 0.2) is 0 Å². The zero-order valence-electron chi connectivity index (χ0n) is 17.9. The van der Waals surface area contributed by atoms with Crippen molar-refractivity contribution in [1.29, 1.82) is 0 Å². The molecule has 154 valence electrons. The van der Waals surface area contributed by atoms with Gasteiger partial charge in [-0.25, -0.2) is 0 Å². The van der Waals surface area contributed by atoms with Gasteiger partial charge < -0.3 is 9.84 Å². The highest BCUT2D eigenvalue weighted by Crippen LogP contribution is 2.63. The molecule has 0 aromatic rings. The molecule has 0 saturated heterocycles. The van der Waals surface area contributed by atoms with Crippen molar-refractivity contribution in [3.05, 3.63) is 11.6 Å². The SMILES string of the molecule is CCCCCC1=C[C@](C)(CCC(=O)OC)[C@H]2CC[C@]3(C)[C@@H](O)CC[C@H]3[C@@H]2C1. The third-order valence-corrected chi connectivity index (χ3v) is 8.46. The number of ether oxygens (including phenoxy) is 1. The summed E-state index contributed by atoms with van der Waals surface area (Å²) in [4.78, 5) is 11.8. The molecule has 0 unspecified atom stereocenters. The maximum absolute atomic E-state index is 11.8. The Labute approximate surface area is 165 Å². The Kier molecular flexibility index (Phi) is 6.40. The first-order valence-electron chi connectivity index (χ1n) is 11.3. The van der Waals surface area contributed by atoms with E-state index in [0.717, 1.165) is 19.3 Å². The van der Waals surface area contributed by atoms with Crippen LogP contribution < -0.4 is 0 Å². The van der Waals surface area contributed by atoms with Gasteiger partial charge in [0.1, 0.15) is 0 Å². The summed E-state index contributed by atoms with van der Waals surface area (Å²) >= 11 is 0. The van der Waals surface area contributed by atoms with E-state index >= 15 is 0 Å². The third kappa shape index (κ3) is 3.99. The normalized spacial score (nSPS) is 40.9. The Morgan fingerprint density at radius 3 is 2.70 bits per heavy atom. The fraction of sp³-hybridized carbons (Fsp3) is 0.875. The average molecular weight is 377 g/mol. The number of methoxy groups -OCH3 is 1. The number of fused-ring (bicyclic) bond motifs is 3. The van der Waals surface area contributed by atoms with E-state index < -0.39 is 0 Å². The van der Waals surface area contributed by atoms with E-state index in [2.05, 4.69) is 26.8 Å². The van der Waals surface area contributed by atoms with Crippen LogP contribution in [-0.2, 0) is 9.53 Å². The first kappa shape index (κ1) is 20.9. The number of hydrogen-bond donors (Lipinski definition) is 1. The lowest BCUT2D eigenvalue weighted by atomic mass is 9.50. The molecule has 3 aliphatic carbocycles. The summed E-state index contributed by atoms with van der Waals surface area (Å²) in [6, 6.07) is 0. The summed E-state index contributed by atoms with van der Waals surface area (Å²) < 4.78 is 4.94. The molecule has 0 aromatic carbocycles. The summed E-state index contributed by atoms with van der Waals surface area (Å²) in [5, 5.41) is 10.7. The molecular weight excluding hydrogens is 336 g/mol. The molecule has 1 N–H and O–H groups in total. The predicted octanol–water partition coefficient (Wildman–Crippen LogP) is 5.66. The first-order valence-corrected chi connectivity index (χ1v) is 11.3. The molecule has 0 bridgehead atoms. The maximum atomic E-state index is 11.8. The van der Waals surface area contributed by atoms with Crippen molar-refractivity contribution in [2.24, 2.45) is 28.6 Å². The molecule has 3 nitrogen and oxygen atoms in total. The van der Waals surface area contributed by atoms with Crippen molar-refractivity contribution in [3.63, 3.8) is 0 Å². The van der Waals surface area contributed by atoms with Gasteiger partial charge in [-0.05, 0) is 80.0 Å². The van der Waals surface area contributed by atoms with Gasteiger partial charge in [0.05, 0.1) is 13.2 Å². The Bertz CT molecular complexity index is 568. The molecule has 2 fully saturated rings. The van der Waals surface area contributed by atoms with Crippen molar-refractivity contribution in [1.82, 2.24) is 0 Å². The van der Waals surface area contributed by atoms with Gasteiger partial charge in [-0.3, -0.25) is 4.79 Å². The van der Waals surface area contributed by atoms with Crippen LogP contribution >= 0.6 is 0 Å². The van der Waals surface area contributed by atoms with E-state index in [1.54, 1.807) is 5.57 Å². The van der Waals surface area contributed by atoms with Crippen LogP contribution in [-0.4, -0.2) is 24.3 Å². The molecule has 2 saturated carbocycles. The number of aliphatic hydroxyl groups is 1. The van der Waals surface area contributed by atoms with Crippen LogP contribution in [0.5, 0.6) is 0 Å². The minimum atomic E-state index is -0.126. The van der Waals surface area contributed by atoms with Gasteiger partial charge in [0.25, 0.3) is 0 Å². The number of hydrogen-bond acceptors (Lipinski definition) is 3. The summed E-state index contributed by atoms with van der Waals surface area (Å²) in [5.41, 5.74) is 1.81. The molecular formula is C24H40O3. The molecule has 0 heterocycles. The van der Waals surface area contributed by atoms with Gasteiger partial charge in [0.2, 0.25) is 0 Å². The number of unbranched alkanes of at least 4 members (excludes halogenated alkanes) is 2. The number of esters is 1. The van der Waals surface area contributed by atoms with E-state index in [-0.39, 0.29) is 22.9 Å². The summed E-state index contributed by atoms with van der Waals surface area (Å²) in [5.74, 6) is 1.86. The van der Waals surface area contributed by atoms with Gasteiger partial charge >= 0.3 is 5.97 Å². The largest absolute Gasteiger partial charge is 0.469 e. The van der Waals surface area contributed by atoms with Crippen LogP contribution in [0.3, 0.4) is 0 Å². The number of carbonyl (C=O) groups is 1. The maximum Gasteiger partial charge on any atom is 0.305 e. The lowest BCUT2D eigenvalue weighted by Gasteiger charge is -2.55. The Morgan fingerprint density at radius 2 is 2.00 bits per heavy atom. The first-order chi connectivity index (χ1) is 12.8. The standard InChI is InChI=1S/C24H40O3/c1-5-6-7-8-17-15-18-19(23(2,16-17)13-12-22(26)27-4)11-14-24(3)20(18)9-10-21(24)25/h16,18-21,25H,5-15H2,1-4H3/t18-,19+,20+,21+,23+,24+/m1/s1. The minimum Gasteiger partial charge on any atom is -0.469 e. The second-order valence-corrected chi connectivity index (χ2v) is 10.1. The van der Waals surface area contributed by atoms with Gasteiger partial charge in [-0.2, -0.15) is 0 Å². The Morgan fingerprint density at radius 1 is 1.22 bits per heavy atom. The van der Waals surface area contributed by atoms with Gasteiger partial charge in [0, 0.05) is 6.42 Å². The Hall–Kier alpha value is -0.830. The number of allylic oxidation sites excluding steroid dienone is 2. The summed E-state index contributed by atoms with van der Waals surface area (Å²) in [7, 11) is 1.49. The lowest BCUT2D eigenvalue weighted by molar-refractivity contribution is -0.141. The average Bonchev–Trinajstić information content (AvgIpc) is 2.95. The highest BCUT2D eigenvalue weighted by molar-refractivity contribution is 5.69. The third-order valence-electron chi connectivity index (χ3n) is 8.46. The minimum absolute atomic E-state index is 0.0868. The van der Waals surface area contributed by atoms with Crippen LogP contribution in [0.25, 0.3) is 0 Å². The molecule has 6 atom stereocenters. The van der Waals surface area contributed by atoms with Crippen LogP contribution in [0, 0.1) is 28.6 Å². The van der Waals surface area contributed by atoms with Crippen LogP contribution in [0.4, 0.5) is 0 Å². The van der Waals surface area contributed by atoms with E-state index in [0.29, 0.717) is 24.2 Å². The van der Waals surface area contributed by atoms with E-state index in [1.165, 1.54) is 52.1 Å². The van der Waals surface area contributed by atoms with Crippen molar-refractivity contribution < 1.29 is 14.6 Å². The second-order valence-electron chi connectivity index (χ2n) is 10.1. The van der Waals surface area contributed by atoms with E-state index in [4.69, 9.17) is 4.74 Å². The molecule has 0 radical (unpaired) electrons. The van der Waals surface area contributed by atoms with E-state index in [1.807, 2.05) is 0 Å². The number of carbonyl (C=O) groups excluding carboxylic acids is 1. The van der Waals surface area contributed by atoms with Gasteiger partial charge in [-0.1, -0.05) is 45.3 Å². The number of aliphatic hydroxyl groups excluding tert-OH is 1. The Balaban J connectivity index is 1.84. The summed E-state index contributed by atoms with van der Waals surface area (Å²) in [6.45, 7) is 6.99. The molecule has 3 aliphatic rings. The highest BCUT2D eigenvalue weighted by Gasteiger charge is 2.57. The van der Waals surface area contributed by atoms with Crippen molar-refractivity contribution in [2.75, 3.05) is 7.11 Å². The quantitative estimate of drug-likeness (QED) is 0.354. The molecule has 0 aliphatic heterocycles. The van der Waals surface area contributed by atoms with Crippen molar-refractivity contribution in [2.45, 2.75) is 97.5 Å². The number of rotatable bonds is 7. The zero-order chi connectivity index (χ0) is 19.7. The monoisotopic (exact) mass is 376 g/mol. The fourth-order valence-corrected chi connectivity index (χ4v) is 6.81. The molecule has 0 amide bonds. The van der Waals surface area contributed by atoms with Crippen molar-refractivity contribution >= 4 is 5.97 Å². The zero-order valence-corrected chi connectivity index (χ0v) is 17.9. The second kappa shape index (κ2) is 8.27. The predicted molar refractivity (Wildman–Crippen MR) is 109 cm³/mol. The fourth-order valence-electron chi connectivity index (χ4n) is 6.81. The molecule has 27 heavy (non-hydrogen) atoms. The van der Waals surface area contributed by atoms with Crippen LogP contribution in [0.2, 0.25) is 0 Å². The molecule has 3 heteroatoms. The highest BCUT2D eigenvalue weighted by atomic mass is 16.5. The van der Waals surface area contributed by atoms with Crippen molar-refractivity contribution in [3.8, 4) is 0 Å².